The van der Waals surface area contributed by atoms with Gasteiger partial charge in [-0.2, -0.15) is 5.26 Å². The molecule has 5 heteroatoms. The number of amides is 1. The van der Waals surface area contributed by atoms with Crippen LogP contribution in [0.4, 0.5) is 0 Å². The molecule has 0 radical (unpaired) electrons. The Hall–Kier alpha value is -3.62. The van der Waals surface area contributed by atoms with E-state index in [9.17, 15) is 4.79 Å². The number of rotatable bonds is 8. The van der Waals surface area contributed by atoms with Gasteiger partial charge in [-0.15, -0.1) is 0 Å². The van der Waals surface area contributed by atoms with E-state index in [0.29, 0.717) is 24.4 Å². The van der Waals surface area contributed by atoms with Gasteiger partial charge < -0.3 is 4.74 Å². The van der Waals surface area contributed by atoms with Crippen molar-refractivity contribution in [3.05, 3.63) is 102 Å². The minimum atomic E-state index is -0.278. The molecule has 0 saturated heterocycles. The number of hydrazine groups is 1. The Morgan fingerprint density at radius 3 is 1.96 bits per heavy atom. The van der Waals surface area contributed by atoms with Gasteiger partial charge in [0.25, 0.3) is 5.91 Å². The van der Waals surface area contributed by atoms with Gasteiger partial charge in [-0.1, -0.05) is 72.8 Å². The van der Waals surface area contributed by atoms with Crippen molar-refractivity contribution < 1.29 is 9.53 Å². The molecule has 28 heavy (non-hydrogen) atoms. The van der Waals surface area contributed by atoms with Crippen LogP contribution in [0, 0.1) is 11.3 Å². The van der Waals surface area contributed by atoms with Crippen LogP contribution in [-0.2, 0) is 17.9 Å². The van der Waals surface area contributed by atoms with Gasteiger partial charge in [0.1, 0.15) is 11.8 Å². The van der Waals surface area contributed by atoms with E-state index in [1.807, 2.05) is 65.7 Å². The predicted octanol–water partition coefficient (Wildman–Crippen LogP) is 3.67. The van der Waals surface area contributed by atoms with Gasteiger partial charge in [0.2, 0.25) is 0 Å². The Labute approximate surface area is 164 Å². The number of hydrogen-bond donors (Lipinski definition) is 1. The first-order chi connectivity index (χ1) is 13.7. The van der Waals surface area contributed by atoms with Gasteiger partial charge in [-0.25, -0.2) is 5.01 Å². The molecule has 0 heterocycles. The summed E-state index contributed by atoms with van der Waals surface area (Å²) in [5, 5.41) is 11.0. The van der Waals surface area contributed by atoms with Crippen LogP contribution in [0.1, 0.15) is 16.7 Å². The monoisotopic (exact) mass is 371 g/mol. The van der Waals surface area contributed by atoms with Gasteiger partial charge in [-0.3, -0.25) is 10.2 Å². The van der Waals surface area contributed by atoms with E-state index in [-0.39, 0.29) is 12.5 Å². The average Bonchev–Trinajstić information content (AvgIpc) is 2.74. The molecule has 0 fully saturated rings. The Morgan fingerprint density at radius 1 is 0.857 bits per heavy atom. The zero-order chi connectivity index (χ0) is 19.6. The van der Waals surface area contributed by atoms with Gasteiger partial charge >= 0.3 is 0 Å². The molecule has 0 aliphatic rings. The van der Waals surface area contributed by atoms with E-state index in [0.717, 1.165) is 11.1 Å². The second kappa shape index (κ2) is 9.91. The lowest BCUT2D eigenvalue weighted by molar-refractivity contribution is -0.128. The van der Waals surface area contributed by atoms with Gasteiger partial charge in [0.15, 0.2) is 6.61 Å². The standard InChI is InChI=1S/C23H21N3O2/c24-15-21-13-7-8-14-22(21)28-18-23(27)25-26(16-19-9-3-1-4-10-19)17-20-11-5-2-6-12-20/h1-14H,16-18H2,(H,25,27). The number of nitriles is 1. The molecule has 1 N–H and O–H groups in total. The second-order valence-corrected chi connectivity index (χ2v) is 6.26. The number of carbonyl (C=O) groups is 1. The molecular weight excluding hydrogens is 350 g/mol. The lowest BCUT2D eigenvalue weighted by atomic mass is 10.2. The summed E-state index contributed by atoms with van der Waals surface area (Å²) in [6, 6.07) is 28.8. The number of para-hydroxylation sites is 1. The Morgan fingerprint density at radius 2 is 1.39 bits per heavy atom. The van der Waals surface area contributed by atoms with Crippen molar-refractivity contribution in [1.82, 2.24) is 10.4 Å². The third-order valence-corrected chi connectivity index (χ3v) is 4.08. The summed E-state index contributed by atoms with van der Waals surface area (Å²) >= 11 is 0. The van der Waals surface area contributed by atoms with Crippen LogP contribution < -0.4 is 10.2 Å². The maximum absolute atomic E-state index is 12.4. The quantitative estimate of drug-likeness (QED) is 0.614. The molecule has 0 unspecified atom stereocenters. The number of ether oxygens (including phenoxy) is 1. The van der Waals surface area contributed by atoms with Gasteiger partial charge in [-0.05, 0) is 23.3 Å². The van der Waals surface area contributed by atoms with Crippen LogP contribution in [0.15, 0.2) is 84.9 Å². The van der Waals surface area contributed by atoms with E-state index in [2.05, 4.69) is 11.5 Å². The van der Waals surface area contributed by atoms with Gasteiger partial charge in [0, 0.05) is 13.1 Å². The van der Waals surface area contributed by atoms with E-state index in [1.165, 1.54) is 0 Å². The average molecular weight is 371 g/mol. The summed E-state index contributed by atoms with van der Waals surface area (Å²) in [7, 11) is 0. The van der Waals surface area contributed by atoms with Crippen molar-refractivity contribution in [2.24, 2.45) is 0 Å². The highest BCUT2D eigenvalue weighted by Gasteiger charge is 2.12. The molecular formula is C23H21N3O2. The van der Waals surface area contributed by atoms with Crippen molar-refractivity contribution in [3.63, 3.8) is 0 Å². The van der Waals surface area contributed by atoms with Crippen molar-refractivity contribution in [2.75, 3.05) is 6.61 Å². The fourth-order valence-electron chi connectivity index (χ4n) is 2.78. The minimum absolute atomic E-state index is 0.168. The molecule has 5 nitrogen and oxygen atoms in total. The van der Waals surface area contributed by atoms with E-state index in [1.54, 1.807) is 24.3 Å². The zero-order valence-corrected chi connectivity index (χ0v) is 15.4. The molecule has 3 aromatic rings. The normalized spacial score (nSPS) is 10.3. The first kappa shape index (κ1) is 19.2. The molecule has 3 rings (SSSR count). The van der Waals surface area contributed by atoms with Crippen LogP contribution in [0.2, 0.25) is 0 Å². The number of hydrogen-bond acceptors (Lipinski definition) is 4. The molecule has 0 aliphatic carbocycles. The largest absolute Gasteiger partial charge is 0.482 e. The fraction of sp³-hybridized carbons (Fsp3) is 0.130. The van der Waals surface area contributed by atoms with Crippen molar-refractivity contribution in [2.45, 2.75) is 13.1 Å². The molecule has 0 bridgehead atoms. The summed E-state index contributed by atoms with van der Waals surface area (Å²) < 4.78 is 5.53. The van der Waals surface area contributed by atoms with E-state index >= 15 is 0 Å². The summed E-state index contributed by atoms with van der Waals surface area (Å²) in [5.41, 5.74) is 5.50. The highest BCUT2D eigenvalue weighted by Crippen LogP contribution is 2.16. The van der Waals surface area contributed by atoms with Crippen LogP contribution in [-0.4, -0.2) is 17.5 Å². The molecule has 0 saturated carbocycles. The predicted molar refractivity (Wildman–Crippen MR) is 107 cm³/mol. The second-order valence-electron chi connectivity index (χ2n) is 6.26. The lowest BCUT2D eigenvalue weighted by Gasteiger charge is -2.23. The SMILES string of the molecule is N#Cc1ccccc1OCC(=O)NN(Cc1ccccc1)Cc1ccccc1. The summed E-state index contributed by atoms with van der Waals surface area (Å²) in [6.45, 7) is 0.964. The van der Waals surface area contributed by atoms with Crippen LogP contribution in [0.5, 0.6) is 5.75 Å². The summed E-state index contributed by atoms with van der Waals surface area (Å²) in [4.78, 5) is 12.4. The molecule has 3 aromatic carbocycles. The first-order valence-electron chi connectivity index (χ1n) is 8.99. The van der Waals surface area contributed by atoms with E-state index < -0.39 is 0 Å². The lowest BCUT2D eigenvalue weighted by Crippen LogP contribution is -2.43. The van der Waals surface area contributed by atoms with Crippen LogP contribution in [0.25, 0.3) is 0 Å². The van der Waals surface area contributed by atoms with Crippen LogP contribution in [0.3, 0.4) is 0 Å². The molecule has 0 atom stereocenters. The minimum Gasteiger partial charge on any atom is -0.482 e. The van der Waals surface area contributed by atoms with Gasteiger partial charge in [0.05, 0.1) is 5.56 Å². The molecule has 0 aromatic heterocycles. The zero-order valence-electron chi connectivity index (χ0n) is 15.4. The maximum Gasteiger partial charge on any atom is 0.272 e. The number of nitrogens with zero attached hydrogens (tertiary/aromatic N) is 2. The third kappa shape index (κ3) is 5.70. The van der Waals surface area contributed by atoms with Crippen molar-refractivity contribution >= 4 is 5.91 Å². The third-order valence-electron chi connectivity index (χ3n) is 4.08. The van der Waals surface area contributed by atoms with Crippen LogP contribution >= 0.6 is 0 Å². The Bertz CT molecular complexity index is 895. The number of carbonyl (C=O) groups excluding carboxylic acids is 1. The smallest absolute Gasteiger partial charge is 0.272 e. The Kier molecular flexibility index (Phi) is 6.78. The summed E-state index contributed by atoms with van der Waals surface area (Å²) in [6.07, 6.45) is 0. The van der Waals surface area contributed by atoms with Crippen molar-refractivity contribution in [1.29, 1.82) is 5.26 Å². The highest BCUT2D eigenvalue weighted by atomic mass is 16.5. The maximum atomic E-state index is 12.4. The molecule has 1 amide bonds. The van der Waals surface area contributed by atoms with E-state index in [4.69, 9.17) is 10.00 Å². The topological polar surface area (TPSA) is 65.4 Å². The molecule has 0 aliphatic heterocycles. The summed E-state index contributed by atoms with van der Waals surface area (Å²) in [5.74, 6) is 0.123. The molecule has 140 valence electrons. The first-order valence-corrected chi connectivity index (χ1v) is 8.99. The number of benzene rings is 3. The fourth-order valence-corrected chi connectivity index (χ4v) is 2.78. The van der Waals surface area contributed by atoms with Crippen molar-refractivity contribution in [3.8, 4) is 11.8 Å². The highest BCUT2D eigenvalue weighted by molar-refractivity contribution is 5.77. The number of nitrogens with one attached hydrogen (secondary N) is 1. The Balaban J connectivity index is 1.64. The molecule has 0 spiro atoms.